The normalized spacial score (nSPS) is 16.6. The molecule has 1 amide bonds. The van der Waals surface area contributed by atoms with Crippen molar-refractivity contribution in [1.82, 2.24) is 15.2 Å². The van der Waals surface area contributed by atoms with Gasteiger partial charge in [0.15, 0.2) is 0 Å². The third-order valence-corrected chi connectivity index (χ3v) is 7.61. The molecular weight excluding hydrogens is 454 g/mol. The van der Waals surface area contributed by atoms with Crippen LogP contribution >= 0.6 is 12.2 Å². The van der Waals surface area contributed by atoms with E-state index in [1.54, 1.807) is 4.90 Å². The number of hydrogen-bond acceptors (Lipinski definition) is 3. The zero-order chi connectivity index (χ0) is 24.8. The summed E-state index contributed by atoms with van der Waals surface area (Å²) in [6.07, 6.45) is 2.67. The van der Waals surface area contributed by atoms with Gasteiger partial charge in [-0.2, -0.15) is 0 Å². The Kier molecular flexibility index (Phi) is 5.88. The maximum atomic E-state index is 12.3. The highest BCUT2D eigenvalue weighted by Gasteiger charge is 2.50. The van der Waals surface area contributed by atoms with Gasteiger partial charge in [-0.25, -0.2) is 4.79 Å². The summed E-state index contributed by atoms with van der Waals surface area (Å²) in [5.41, 5.74) is 6.19. The summed E-state index contributed by atoms with van der Waals surface area (Å²) >= 11 is 5.58. The van der Waals surface area contributed by atoms with Gasteiger partial charge in [0, 0.05) is 35.2 Å². The van der Waals surface area contributed by atoms with E-state index >= 15 is 0 Å². The lowest BCUT2D eigenvalue weighted by Crippen LogP contribution is -2.60. The molecule has 0 saturated heterocycles. The number of aromatic nitrogens is 1. The first-order valence-electron chi connectivity index (χ1n) is 12.2. The predicted molar refractivity (Wildman–Crippen MR) is 144 cm³/mol. The zero-order valence-electron chi connectivity index (χ0n) is 20.5. The molecule has 1 saturated carbocycles. The van der Waals surface area contributed by atoms with Gasteiger partial charge in [0.05, 0.1) is 16.9 Å². The molecule has 0 radical (unpaired) electrons. The summed E-state index contributed by atoms with van der Waals surface area (Å²) in [6.45, 7) is 6.70. The maximum absolute atomic E-state index is 12.3. The molecule has 0 spiro atoms. The van der Waals surface area contributed by atoms with Gasteiger partial charge in [0.2, 0.25) is 0 Å². The van der Waals surface area contributed by atoms with E-state index in [0.717, 1.165) is 76.4 Å². The third kappa shape index (κ3) is 4.10. The van der Waals surface area contributed by atoms with Gasteiger partial charge in [-0.1, -0.05) is 66.8 Å². The number of nitrogens with zero attached hydrogens (tertiary/aromatic N) is 2. The van der Waals surface area contributed by atoms with E-state index in [-0.39, 0.29) is 0 Å². The van der Waals surface area contributed by atoms with Crippen LogP contribution in [0.25, 0.3) is 22.4 Å². The molecule has 3 aromatic rings. The number of carbonyl (C=O) groups is 1. The number of carboxylic acid groups (broad SMARTS) is 1. The second kappa shape index (κ2) is 8.76. The summed E-state index contributed by atoms with van der Waals surface area (Å²) in [6, 6.07) is 20.8. The number of fused-ring (bicyclic) bond motifs is 1. The quantitative estimate of drug-likeness (QED) is 0.419. The molecule has 0 bridgehead atoms. The Morgan fingerprint density at radius 2 is 1.71 bits per heavy atom. The van der Waals surface area contributed by atoms with Crippen LogP contribution in [0.2, 0.25) is 0 Å². The van der Waals surface area contributed by atoms with Crippen LogP contribution in [0.3, 0.4) is 0 Å². The second-order valence-electron chi connectivity index (χ2n) is 10.5. The van der Waals surface area contributed by atoms with Gasteiger partial charge in [-0.15, -0.1) is 0 Å². The second-order valence-corrected chi connectivity index (χ2v) is 10.9. The molecule has 1 aliphatic heterocycles. The Labute approximate surface area is 212 Å². The van der Waals surface area contributed by atoms with E-state index in [1.165, 1.54) is 0 Å². The van der Waals surface area contributed by atoms with E-state index < -0.39 is 17.2 Å². The van der Waals surface area contributed by atoms with Crippen LogP contribution in [0, 0.1) is 0 Å². The monoisotopic (exact) mass is 485 g/mol. The van der Waals surface area contributed by atoms with Crippen LogP contribution < -0.4 is 5.32 Å². The number of nitrogens with one attached hydrogen (secondary N) is 1. The molecule has 180 valence electrons. The van der Waals surface area contributed by atoms with E-state index in [0.29, 0.717) is 0 Å². The highest BCUT2D eigenvalue weighted by molar-refractivity contribution is 7.80. The van der Waals surface area contributed by atoms with Crippen LogP contribution in [0.4, 0.5) is 4.79 Å². The number of rotatable bonds is 4. The number of amides is 1. The van der Waals surface area contributed by atoms with E-state index in [1.807, 2.05) is 39.0 Å². The first-order chi connectivity index (χ1) is 16.7. The van der Waals surface area contributed by atoms with Crippen molar-refractivity contribution < 1.29 is 9.90 Å². The average Bonchev–Trinajstić information content (AvgIpc) is 2.80. The first-order valence-corrected chi connectivity index (χ1v) is 12.6. The van der Waals surface area contributed by atoms with E-state index in [9.17, 15) is 9.90 Å². The molecular formula is C29H31N3O2S. The topological polar surface area (TPSA) is 65.5 Å². The van der Waals surface area contributed by atoms with Gasteiger partial charge in [-0.05, 0) is 57.2 Å². The SMILES string of the molecule is CC(C)(C)N(C(=O)O)C1(c2ccc(-c3nc4c(cc3-c3ccccc3)C(=S)NCC4)cc2)CCC1. The van der Waals surface area contributed by atoms with Gasteiger partial charge in [0.1, 0.15) is 4.99 Å². The average molecular weight is 486 g/mol. The van der Waals surface area contributed by atoms with Crippen molar-refractivity contribution in [3.8, 4) is 22.4 Å². The largest absolute Gasteiger partial charge is 0.465 e. The summed E-state index contributed by atoms with van der Waals surface area (Å²) in [4.78, 5) is 19.8. The number of hydrogen-bond donors (Lipinski definition) is 2. The molecule has 35 heavy (non-hydrogen) atoms. The number of thiocarbonyl (C=S) groups is 1. The zero-order valence-corrected chi connectivity index (χ0v) is 21.3. The summed E-state index contributed by atoms with van der Waals surface area (Å²) < 4.78 is 0. The van der Waals surface area contributed by atoms with E-state index in [4.69, 9.17) is 17.2 Å². The molecule has 2 N–H and O–H groups in total. The maximum Gasteiger partial charge on any atom is 0.408 e. The van der Waals surface area contributed by atoms with E-state index in [2.05, 4.69) is 47.8 Å². The van der Waals surface area contributed by atoms with Crippen molar-refractivity contribution >= 4 is 23.3 Å². The van der Waals surface area contributed by atoms with Crippen LogP contribution in [0.5, 0.6) is 0 Å². The minimum Gasteiger partial charge on any atom is -0.465 e. The smallest absolute Gasteiger partial charge is 0.408 e. The summed E-state index contributed by atoms with van der Waals surface area (Å²) in [5.74, 6) is 0. The molecule has 5 nitrogen and oxygen atoms in total. The molecule has 0 atom stereocenters. The van der Waals surface area contributed by atoms with Gasteiger partial charge in [0.25, 0.3) is 0 Å². The molecule has 5 rings (SSSR count). The molecule has 6 heteroatoms. The highest BCUT2D eigenvalue weighted by Crippen LogP contribution is 2.49. The standard InChI is InChI=1S/C29H31N3O2S/c1-28(2,3)32(27(33)34)29(15-7-16-29)21-12-10-20(11-13-21)25-22(19-8-5-4-6-9-19)18-23-24(31-25)14-17-30-26(23)35/h4-6,8-13,18H,7,14-17H2,1-3H3,(H,30,35)(H,33,34). The van der Waals surface area contributed by atoms with Crippen LogP contribution in [-0.2, 0) is 12.0 Å². The lowest BCUT2D eigenvalue weighted by Gasteiger charge is -2.54. The molecule has 0 unspecified atom stereocenters. The Morgan fingerprint density at radius 1 is 1.03 bits per heavy atom. The van der Waals surface area contributed by atoms with Crippen molar-refractivity contribution in [3.05, 3.63) is 77.5 Å². The lowest BCUT2D eigenvalue weighted by molar-refractivity contribution is -0.0328. The van der Waals surface area contributed by atoms with Crippen LogP contribution in [-0.4, -0.2) is 38.2 Å². The summed E-state index contributed by atoms with van der Waals surface area (Å²) in [7, 11) is 0. The molecule has 2 aromatic carbocycles. The molecule has 1 aromatic heterocycles. The van der Waals surface area contributed by atoms with Crippen molar-refractivity contribution in [2.75, 3.05) is 6.54 Å². The molecule has 1 fully saturated rings. The number of benzene rings is 2. The Hall–Kier alpha value is -3.25. The van der Waals surface area contributed by atoms with Gasteiger partial charge < -0.3 is 10.4 Å². The Morgan fingerprint density at radius 3 is 2.29 bits per heavy atom. The highest BCUT2D eigenvalue weighted by atomic mass is 32.1. The summed E-state index contributed by atoms with van der Waals surface area (Å²) in [5, 5.41) is 13.4. The van der Waals surface area contributed by atoms with Crippen LogP contribution in [0.1, 0.15) is 56.9 Å². The van der Waals surface area contributed by atoms with Crippen molar-refractivity contribution in [1.29, 1.82) is 0 Å². The predicted octanol–water partition coefficient (Wildman–Crippen LogP) is 6.39. The fraction of sp³-hybridized carbons (Fsp3) is 0.345. The van der Waals surface area contributed by atoms with Crippen LogP contribution in [0.15, 0.2) is 60.7 Å². The Bertz CT molecular complexity index is 1280. The Balaban J connectivity index is 1.60. The minimum atomic E-state index is -0.867. The van der Waals surface area contributed by atoms with Crippen molar-refractivity contribution in [3.63, 3.8) is 0 Å². The van der Waals surface area contributed by atoms with Crippen molar-refractivity contribution in [2.24, 2.45) is 0 Å². The van der Waals surface area contributed by atoms with Crippen molar-refractivity contribution in [2.45, 2.75) is 57.5 Å². The first kappa shape index (κ1) is 23.5. The molecule has 1 aliphatic carbocycles. The van der Waals surface area contributed by atoms with Gasteiger partial charge in [-0.3, -0.25) is 9.88 Å². The lowest BCUT2D eigenvalue weighted by atomic mass is 9.69. The fourth-order valence-electron chi connectivity index (χ4n) is 5.59. The third-order valence-electron chi connectivity index (χ3n) is 7.24. The number of pyridine rings is 1. The minimum absolute atomic E-state index is 0.480. The van der Waals surface area contributed by atoms with Gasteiger partial charge >= 0.3 is 6.09 Å². The molecule has 2 aliphatic rings. The fourth-order valence-corrected chi connectivity index (χ4v) is 5.87. The molecule has 2 heterocycles.